The number of alkyl halides is 3. The van der Waals surface area contributed by atoms with Crippen LogP contribution in [0.5, 0.6) is 0 Å². The summed E-state index contributed by atoms with van der Waals surface area (Å²) in [6, 6.07) is 3.96. The zero-order chi connectivity index (χ0) is 12.5. The zero-order valence-corrected chi connectivity index (χ0v) is 9.35. The Labute approximate surface area is 98.0 Å². The van der Waals surface area contributed by atoms with Gasteiger partial charge >= 0.3 is 6.18 Å². The summed E-state index contributed by atoms with van der Waals surface area (Å²) in [5, 5.41) is 3.03. The van der Waals surface area contributed by atoms with Crippen molar-refractivity contribution in [2.24, 2.45) is 5.92 Å². The van der Waals surface area contributed by atoms with Crippen LogP contribution in [0, 0.1) is 5.92 Å². The van der Waals surface area contributed by atoms with Crippen molar-refractivity contribution in [3.8, 4) is 0 Å². The molecule has 1 fully saturated rings. The number of nitrogens with two attached hydrogens (primary N) is 1. The molecular weight excluding hydrogens is 229 g/mol. The van der Waals surface area contributed by atoms with Gasteiger partial charge in [0.05, 0.1) is 5.56 Å². The van der Waals surface area contributed by atoms with Crippen molar-refractivity contribution in [3.05, 3.63) is 23.8 Å². The predicted molar refractivity (Wildman–Crippen MR) is 61.7 cm³/mol. The molecule has 5 heteroatoms. The second kappa shape index (κ2) is 4.47. The number of rotatable bonds is 3. The van der Waals surface area contributed by atoms with E-state index in [9.17, 15) is 13.2 Å². The van der Waals surface area contributed by atoms with Gasteiger partial charge in [0.1, 0.15) is 0 Å². The second-order valence-electron chi connectivity index (χ2n) is 4.48. The third-order valence-electron chi connectivity index (χ3n) is 3.18. The summed E-state index contributed by atoms with van der Waals surface area (Å²) < 4.78 is 37.8. The fourth-order valence-electron chi connectivity index (χ4n) is 1.87. The molecule has 0 spiro atoms. The first kappa shape index (κ1) is 12.1. The molecule has 0 atom stereocenters. The highest BCUT2D eigenvalue weighted by Gasteiger charge is 2.33. The highest BCUT2D eigenvalue weighted by atomic mass is 19.4. The minimum atomic E-state index is -4.39. The number of hydrogen-bond acceptors (Lipinski definition) is 2. The van der Waals surface area contributed by atoms with E-state index in [1.807, 2.05) is 0 Å². The van der Waals surface area contributed by atoms with E-state index in [1.165, 1.54) is 12.5 Å². The smallest absolute Gasteiger partial charge is 0.398 e. The Kier molecular flexibility index (Phi) is 3.17. The average molecular weight is 244 g/mol. The van der Waals surface area contributed by atoms with Crippen LogP contribution in [0.15, 0.2) is 18.2 Å². The van der Waals surface area contributed by atoms with Crippen molar-refractivity contribution in [3.63, 3.8) is 0 Å². The number of nitrogen functional groups attached to an aromatic ring is 1. The summed E-state index contributed by atoms with van der Waals surface area (Å²) >= 11 is 0. The lowest BCUT2D eigenvalue weighted by molar-refractivity contribution is -0.136. The molecule has 0 radical (unpaired) electrons. The van der Waals surface area contributed by atoms with Crippen LogP contribution in [0.3, 0.4) is 0 Å². The van der Waals surface area contributed by atoms with Crippen molar-refractivity contribution in [1.82, 2.24) is 0 Å². The summed E-state index contributed by atoms with van der Waals surface area (Å²) in [7, 11) is 0. The van der Waals surface area contributed by atoms with E-state index in [-0.39, 0.29) is 5.69 Å². The Morgan fingerprint density at radius 3 is 2.53 bits per heavy atom. The molecule has 0 aliphatic heterocycles. The maximum Gasteiger partial charge on any atom is 0.418 e. The molecule has 17 heavy (non-hydrogen) atoms. The van der Waals surface area contributed by atoms with Gasteiger partial charge in [0, 0.05) is 17.9 Å². The van der Waals surface area contributed by atoms with Crippen LogP contribution >= 0.6 is 0 Å². The van der Waals surface area contributed by atoms with Crippen molar-refractivity contribution >= 4 is 11.4 Å². The predicted octanol–water partition coefficient (Wildman–Crippen LogP) is 3.50. The molecule has 0 saturated heterocycles. The summed E-state index contributed by atoms with van der Waals surface area (Å²) in [5.41, 5.74) is 4.81. The number of anilines is 2. The van der Waals surface area contributed by atoms with Crippen LogP contribution in [-0.4, -0.2) is 6.54 Å². The number of hydrogen-bond donors (Lipinski definition) is 2. The van der Waals surface area contributed by atoms with Gasteiger partial charge < -0.3 is 11.1 Å². The maximum atomic E-state index is 12.6. The zero-order valence-electron chi connectivity index (χ0n) is 9.35. The van der Waals surface area contributed by atoms with Gasteiger partial charge in [-0.1, -0.05) is 6.42 Å². The van der Waals surface area contributed by atoms with Gasteiger partial charge in [-0.15, -0.1) is 0 Å². The van der Waals surface area contributed by atoms with Gasteiger partial charge in [-0.2, -0.15) is 13.2 Å². The number of halogens is 3. The van der Waals surface area contributed by atoms with Crippen LogP contribution in [0.1, 0.15) is 24.8 Å². The monoisotopic (exact) mass is 244 g/mol. The first-order chi connectivity index (χ1) is 7.97. The highest BCUT2D eigenvalue weighted by molar-refractivity contribution is 5.58. The van der Waals surface area contributed by atoms with E-state index in [1.54, 1.807) is 6.07 Å². The molecule has 1 aromatic rings. The minimum absolute atomic E-state index is 0.230. The lowest BCUT2D eigenvalue weighted by atomic mass is 9.85. The Hall–Kier alpha value is -1.39. The lowest BCUT2D eigenvalue weighted by Gasteiger charge is -2.26. The fourth-order valence-corrected chi connectivity index (χ4v) is 1.87. The standard InChI is InChI=1S/C12H15F3N2/c13-12(14,15)10-6-9(4-5-11(10)16)17-7-8-2-1-3-8/h4-6,8,17H,1-3,7,16H2. The van der Waals surface area contributed by atoms with Crippen LogP contribution in [0.25, 0.3) is 0 Å². The lowest BCUT2D eigenvalue weighted by Crippen LogP contribution is -2.21. The first-order valence-electron chi connectivity index (χ1n) is 5.67. The molecule has 1 saturated carbocycles. The Morgan fingerprint density at radius 1 is 1.29 bits per heavy atom. The van der Waals surface area contributed by atoms with Gasteiger partial charge in [0.2, 0.25) is 0 Å². The SMILES string of the molecule is Nc1ccc(NCC2CCC2)cc1C(F)(F)F. The topological polar surface area (TPSA) is 38.0 Å². The van der Waals surface area contributed by atoms with Crippen molar-refractivity contribution in [2.45, 2.75) is 25.4 Å². The molecule has 3 N–H and O–H groups in total. The molecule has 1 aliphatic rings. The summed E-state index contributed by atoms with van der Waals surface area (Å²) in [6.45, 7) is 0.737. The molecule has 0 aromatic heterocycles. The molecule has 0 bridgehead atoms. The first-order valence-corrected chi connectivity index (χ1v) is 5.67. The molecule has 0 unspecified atom stereocenters. The van der Waals surface area contributed by atoms with Crippen molar-refractivity contribution < 1.29 is 13.2 Å². The van der Waals surface area contributed by atoms with E-state index in [0.717, 1.165) is 25.5 Å². The number of benzene rings is 1. The number of nitrogens with one attached hydrogen (secondary N) is 1. The molecule has 1 aliphatic carbocycles. The maximum absolute atomic E-state index is 12.6. The van der Waals surface area contributed by atoms with E-state index < -0.39 is 11.7 Å². The van der Waals surface area contributed by atoms with E-state index in [0.29, 0.717) is 11.6 Å². The molecule has 2 nitrogen and oxygen atoms in total. The molecule has 2 rings (SSSR count). The summed E-state index contributed by atoms with van der Waals surface area (Å²) in [4.78, 5) is 0. The van der Waals surface area contributed by atoms with Gasteiger partial charge in [-0.3, -0.25) is 0 Å². The van der Waals surface area contributed by atoms with Crippen LogP contribution in [0.2, 0.25) is 0 Å². The normalized spacial score (nSPS) is 16.6. The van der Waals surface area contributed by atoms with Gasteiger partial charge in [0.25, 0.3) is 0 Å². The van der Waals surface area contributed by atoms with Crippen LogP contribution in [0.4, 0.5) is 24.5 Å². The van der Waals surface area contributed by atoms with Crippen molar-refractivity contribution in [1.29, 1.82) is 0 Å². The minimum Gasteiger partial charge on any atom is -0.398 e. The van der Waals surface area contributed by atoms with Crippen LogP contribution < -0.4 is 11.1 Å². The van der Waals surface area contributed by atoms with E-state index >= 15 is 0 Å². The van der Waals surface area contributed by atoms with Gasteiger partial charge in [0.15, 0.2) is 0 Å². The van der Waals surface area contributed by atoms with Crippen LogP contribution in [-0.2, 0) is 6.18 Å². The van der Waals surface area contributed by atoms with E-state index in [2.05, 4.69) is 5.32 Å². The second-order valence-corrected chi connectivity index (χ2v) is 4.48. The molecular formula is C12H15F3N2. The van der Waals surface area contributed by atoms with E-state index in [4.69, 9.17) is 5.73 Å². The van der Waals surface area contributed by atoms with Gasteiger partial charge in [-0.25, -0.2) is 0 Å². The third-order valence-corrected chi connectivity index (χ3v) is 3.18. The van der Waals surface area contributed by atoms with Gasteiger partial charge in [-0.05, 0) is 37.0 Å². The Bertz CT molecular complexity index is 397. The Balaban J connectivity index is 2.07. The Morgan fingerprint density at radius 2 is 2.00 bits per heavy atom. The summed E-state index contributed by atoms with van der Waals surface area (Å²) in [5.74, 6) is 0.599. The summed E-state index contributed by atoms with van der Waals surface area (Å²) in [6.07, 6.45) is -0.845. The highest BCUT2D eigenvalue weighted by Crippen LogP contribution is 2.35. The average Bonchev–Trinajstić information content (AvgIpc) is 2.16. The fraction of sp³-hybridized carbons (Fsp3) is 0.500. The van der Waals surface area contributed by atoms with Crippen molar-refractivity contribution in [2.75, 3.05) is 17.6 Å². The third kappa shape index (κ3) is 2.84. The largest absolute Gasteiger partial charge is 0.418 e. The molecule has 0 heterocycles. The molecule has 1 aromatic carbocycles. The quantitative estimate of drug-likeness (QED) is 0.798. The molecule has 0 amide bonds. The molecule has 94 valence electrons.